The first kappa shape index (κ1) is 30.8. The number of aromatic amines is 1. The fourth-order valence-corrected chi connectivity index (χ4v) is 6.81. The predicted molar refractivity (Wildman–Crippen MR) is 161 cm³/mol. The van der Waals surface area contributed by atoms with Gasteiger partial charge in [0.2, 0.25) is 15.9 Å². The van der Waals surface area contributed by atoms with Crippen molar-refractivity contribution in [3.05, 3.63) is 101 Å². The number of aromatic nitrogens is 1. The van der Waals surface area contributed by atoms with Gasteiger partial charge in [0.25, 0.3) is 0 Å². The molecule has 0 unspecified atom stereocenters. The smallest absolute Gasteiger partial charge is 0.361 e. The fourth-order valence-electron chi connectivity index (χ4n) is 5.17. The van der Waals surface area contributed by atoms with E-state index in [9.17, 15) is 26.4 Å². The maximum Gasteiger partial charge on any atom is 0.416 e. The zero-order valence-corrected chi connectivity index (χ0v) is 25.3. The van der Waals surface area contributed by atoms with Crippen LogP contribution in [0.15, 0.2) is 83.9 Å². The van der Waals surface area contributed by atoms with Crippen LogP contribution in [0.5, 0.6) is 0 Å². The molecule has 0 radical (unpaired) electrons. The van der Waals surface area contributed by atoms with Crippen molar-refractivity contribution in [3.63, 3.8) is 0 Å². The molecular formula is C33H36F3N3O3S. The number of alkyl halides is 3. The van der Waals surface area contributed by atoms with Crippen LogP contribution in [0, 0.1) is 0 Å². The summed E-state index contributed by atoms with van der Waals surface area (Å²) in [6.45, 7) is 6.12. The number of fused-ring (bicyclic) bond motifs is 1. The highest BCUT2D eigenvalue weighted by atomic mass is 32.2. The number of amides is 1. The molecule has 6 nitrogen and oxygen atoms in total. The topological polar surface area (TPSA) is 73.5 Å². The second kappa shape index (κ2) is 11.8. The summed E-state index contributed by atoms with van der Waals surface area (Å²) >= 11 is 0. The normalized spacial score (nSPS) is 14.4. The van der Waals surface area contributed by atoms with E-state index in [0.29, 0.717) is 24.8 Å². The van der Waals surface area contributed by atoms with E-state index in [1.165, 1.54) is 21.3 Å². The van der Waals surface area contributed by atoms with Crippen LogP contribution >= 0.6 is 0 Å². The lowest BCUT2D eigenvalue weighted by Crippen LogP contribution is -2.44. The van der Waals surface area contributed by atoms with Gasteiger partial charge in [0.15, 0.2) is 0 Å². The fraction of sp³-hybridized carbons (Fsp3) is 0.364. The van der Waals surface area contributed by atoms with E-state index in [2.05, 4.69) is 4.98 Å². The Morgan fingerprint density at radius 3 is 2.14 bits per heavy atom. The second-order valence-corrected chi connectivity index (χ2v) is 14.1. The quantitative estimate of drug-likeness (QED) is 0.212. The molecule has 1 saturated carbocycles. The van der Waals surface area contributed by atoms with Gasteiger partial charge in [-0.3, -0.25) is 4.79 Å². The summed E-state index contributed by atoms with van der Waals surface area (Å²) in [5.74, 6) is -0.401. The third-order valence-electron chi connectivity index (χ3n) is 7.91. The van der Waals surface area contributed by atoms with Crippen molar-refractivity contribution in [2.75, 3.05) is 13.1 Å². The number of para-hydroxylation sites is 1. The highest BCUT2D eigenvalue weighted by molar-refractivity contribution is 7.89. The Kier molecular flexibility index (Phi) is 8.46. The van der Waals surface area contributed by atoms with Crippen LogP contribution in [-0.4, -0.2) is 47.6 Å². The minimum absolute atomic E-state index is 0.0537. The van der Waals surface area contributed by atoms with Crippen LogP contribution in [-0.2, 0) is 39.4 Å². The van der Waals surface area contributed by atoms with Gasteiger partial charge in [-0.1, -0.05) is 63.2 Å². The lowest BCUT2D eigenvalue weighted by molar-refractivity contribution is -0.137. The molecule has 1 aliphatic carbocycles. The first-order chi connectivity index (χ1) is 20.2. The number of nitrogens with one attached hydrogen (secondary N) is 1. The SMILES string of the molecule is CC(C)(C)c1ccc(S(=O)(=O)N(CC(=O)N(CCc2c[nH]c3ccccc23)Cc2ccc(C(F)(F)F)cc2)C2CC2)cc1. The summed E-state index contributed by atoms with van der Waals surface area (Å²) in [6, 6.07) is 19.0. The standard InChI is InChI=1S/C33H36F3N3O3S/c1-32(2,3)25-12-16-28(17-13-25)43(41,42)39(27-14-15-27)22-31(40)38(21-23-8-10-26(11-9-23)33(34,35)36)19-18-24-20-37-30-7-5-4-6-29(24)30/h4-13,16-17,20,27,37H,14-15,18-19,21-22H2,1-3H3. The molecule has 0 atom stereocenters. The molecule has 10 heteroatoms. The minimum atomic E-state index is -4.46. The molecule has 4 aromatic rings. The number of carbonyl (C=O) groups is 1. The number of nitrogens with zero attached hydrogens (tertiary/aromatic N) is 2. The van der Waals surface area contributed by atoms with Gasteiger partial charge in [-0.2, -0.15) is 17.5 Å². The molecule has 1 aromatic heterocycles. The van der Waals surface area contributed by atoms with Gasteiger partial charge in [-0.25, -0.2) is 8.42 Å². The van der Waals surface area contributed by atoms with Crippen LogP contribution in [0.2, 0.25) is 0 Å². The van der Waals surface area contributed by atoms with Gasteiger partial charge in [-0.15, -0.1) is 0 Å². The molecule has 43 heavy (non-hydrogen) atoms. The maximum absolute atomic E-state index is 13.8. The number of hydrogen-bond donors (Lipinski definition) is 1. The number of sulfonamides is 1. The average Bonchev–Trinajstić information content (AvgIpc) is 3.72. The largest absolute Gasteiger partial charge is 0.416 e. The first-order valence-corrected chi connectivity index (χ1v) is 15.8. The van der Waals surface area contributed by atoms with Crippen LogP contribution < -0.4 is 0 Å². The van der Waals surface area contributed by atoms with Crippen molar-refractivity contribution >= 4 is 26.8 Å². The summed E-state index contributed by atoms with van der Waals surface area (Å²) in [4.78, 5) is 18.7. The minimum Gasteiger partial charge on any atom is -0.361 e. The highest BCUT2D eigenvalue weighted by Crippen LogP contribution is 2.33. The highest BCUT2D eigenvalue weighted by Gasteiger charge is 2.40. The number of H-pyrrole nitrogens is 1. The number of rotatable bonds is 10. The molecule has 0 bridgehead atoms. The van der Waals surface area contributed by atoms with Gasteiger partial charge in [-0.05, 0) is 71.7 Å². The third kappa shape index (κ3) is 7.13. The Labute approximate surface area is 250 Å². The molecule has 1 fully saturated rings. The van der Waals surface area contributed by atoms with E-state index in [4.69, 9.17) is 0 Å². The second-order valence-electron chi connectivity index (χ2n) is 12.2. The first-order valence-electron chi connectivity index (χ1n) is 14.3. The Morgan fingerprint density at radius 2 is 1.53 bits per heavy atom. The van der Waals surface area contributed by atoms with Gasteiger partial charge in [0, 0.05) is 36.2 Å². The van der Waals surface area contributed by atoms with Gasteiger partial charge in [0.1, 0.15) is 0 Å². The van der Waals surface area contributed by atoms with Crippen molar-refractivity contribution in [2.45, 2.75) is 69.1 Å². The van der Waals surface area contributed by atoms with Gasteiger partial charge in [0.05, 0.1) is 17.0 Å². The molecule has 0 saturated heterocycles. The molecule has 1 aliphatic rings. The third-order valence-corrected chi connectivity index (χ3v) is 9.82. The number of benzene rings is 3. The van der Waals surface area contributed by atoms with Crippen molar-refractivity contribution in [1.82, 2.24) is 14.2 Å². The summed E-state index contributed by atoms with van der Waals surface area (Å²) in [6.07, 6.45) is -0.760. The van der Waals surface area contributed by atoms with E-state index in [-0.39, 0.29) is 36.0 Å². The summed E-state index contributed by atoms with van der Waals surface area (Å²) < 4.78 is 68.2. The van der Waals surface area contributed by atoms with Crippen LogP contribution in [0.3, 0.4) is 0 Å². The van der Waals surface area contributed by atoms with E-state index >= 15 is 0 Å². The maximum atomic E-state index is 13.8. The molecule has 0 aliphatic heterocycles. The zero-order chi connectivity index (χ0) is 31.0. The molecule has 1 amide bonds. The van der Waals surface area contributed by atoms with Crippen LogP contribution in [0.25, 0.3) is 10.9 Å². The molecule has 228 valence electrons. The monoisotopic (exact) mass is 611 g/mol. The van der Waals surface area contributed by atoms with E-state index in [1.807, 2.05) is 51.2 Å². The number of hydrogen-bond acceptors (Lipinski definition) is 3. The average molecular weight is 612 g/mol. The van der Waals surface area contributed by atoms with Crippen LogP contribution in [0.1, 0.15) is 55.9 Å². The van der Waals surface area contributed by atoms with E-state index in [0.717, 1.165) is 34.2 Å². The summed E-state index contributed by atoms with van der Waals surface area (Å²) in [5, 5.41) is 1.02. The Bertz CT molecular complexity index is 1690. The molecule has 3 aromatic carbocycles. The van der Waals surface area contributed by atoms with Crippen molar-refractivity contribution < 1.29 is 26.4 Å². The molecule has 1 heterocycles. The summed E-state index contributed by atoms with van der Waals surface area (Å²) in [7, 11) is -3.95. The van der Waals surface area contributed by atoms with E-state index in [1.54, 1.807) is 24.3 Å². The molecule has 5 rings (SSSR count). The molecular weight excluding hydrogens is 575 g/mol. The Morgan fingerprint density at radius 1 is 0.907 bits per heavy atom. The van der Waals surface area contributed by atoms with Crippen molar-refractivity contribution in [3.8, 4) is 0 Å². The lowest BCUT2D eigenvalue weighted by Gasteiger charge is -2.28. The Hall–Kier alpha value is -3.63. The van der Waals surface area contributed by atoms with Gasteiger partial charge >= 0.3 is 6.18 Å². The van der Waals surface area contributed by atoms with Gasteiger partial charge < -0.3 is 9.88 Å². The molecule has 0 spiro atoms. The van der Waals surface area contributed by atoms with Crippen LogP contribution in [0.4, 0.5) is 13.2 Å². The number of carbonyl (C=O) groups excluding carboxylic acids is 1. The summed E-state index contributed by atoms with van der Waals surface area (Å²) in [5.41, 5.74) is 2.57. The lowest BCUT2D eigenvalue weighted by atomic mass is 9.87. The molecule has 1 N–H and O–H groups in total. The number of halogens is 3. The van der Waals surface area contributed by atoms with E-state index < -0.39 is 27.7 Å². The van der Waals surface area contributed by atoms with Crippen molar-refractivity contribution in [2.24, 2.45) is 0 Å². The Balaban J connectivity index is 1.39. The van der Waals surface area contributed by atoms with Crippen molar-refractivity contribution in [1.29, 1.82) is 0 Å². The predicted octanol–water partition coefficient (Wildman–Crippen LogP) is 6.91. The zero-order valence-electron chi connectivity index (χ0n) is 24.5.